The Kier molecular flexibility index (Phi) is 4.91. The van der Waals surface area contributed by atoms with Gasteiger partial charge in [0.25, 0.3) is 0 Å². The second-order valence-corrected chi connectivity index (χ2v) is 4.65. The Hall–Kier alpha value is -2.94. The fourth-order valence-electron chi connectivity index (χ4n) is 2.05. The highest BCUT2D eigenvalue weighted by atomic mass is 19.1. The number of ether oxygens (including phenoxy) is 2. The predicted octanol–water partition coefficient (Wildman–Crippen LogP) is 4.11. The third kappa shape index (κ3) is 3.46. The zero-order chi connectivity index (χ0) is 17.0. The van der Waals surface area contributed by atoms with E-state index in [9.17, 15) is 13.6 Å². The maximum absolute atomic E-state index is 13.9. The largest absolute Gasteiger partial charge is 0.462 e. The van der Waals surface area contributed by atoms with Gasteiger partial charge in [-0.3, -0.25) is 0 Å². The molecule has 0 aliphatic heterocycles. The summed E-state index contributed by atoms with van der Waals surface area (Å²) in [5, 5.41) is 9.01. The highest BCUT2D eigenvalue weighted by Gasteiger charge is 2.20. The van der Waals surface area contributed by atoms with Gasteiger partial charge in [-0.1, -0.05) is 12.1 Å². The standard InChI is InChI=1S/C17H13F2NO3/c1-3-22-17(21)15-10(2)5-4-6-14(15)23-16-11(9-20)7-12(18)8-13(16)19/h4-8H,3H2,1-2H3. The van der Waals surface area contributed by atoms with Crippen LogP contribution in [-0.2, 0) is 4.74 Å². The molecule has 23 heavy (non-hydrogen) atoms. The molecular formula is C17H13F2NO3. The molecule has 0 saturated carbocycles. The number of nitrogens with zero attached hydrogens (tertiary/aromatic N) is 1. The second kappa shape index (κ2) is 6.88. The molecule has 4 nitrogen and oxygen atoms in total. The molecule has 0 unspecified atom stereocenters. The first-order valence-electron chi connectivity index (χ1n) is 6.81. The van der Waals surface area contributed by atoms with Gasteiger partial charge in [-0.25, -0.2) is 13.6 Å². The third-order valence-electron chi connectivity index (χ3n) is 3.05. The molecule has 0 radical (unpaired) electrons. The number of carbonyl (C=O) groups excluding carboxylic acids is 1. The number of hydrogen-bond acceptors (Lipinski definition) is 4. The molecule has 0 bridgehead atoms. The number of hydrogen-bond donors (Lipinski definition) is 0. The van der Waals surface area contributed by atoms with Crippen molar-refractivity contribution in [3.05, 3.63) is 58.7 Å². The number of carbonyl (C=O) groups is 1. The molecule has 2 aromatic carbocycles. The first-order chi connectivity index (χ1) is 11.0. The Morgan fingerprint density at radius 2 is 2.04 bits per heavy atom. The lowest BCUT2D eigenvalue weighted by molar-refractivity contribution is 0.0522. The summed E-state index contributed by atoms with van der Waals surface area (Å²) in [5.41, 5.74) is 0.391. The van der Waals surface area contributed by atoms with Gasteiger partial charge < -0.3 is 9.47 Å². The molecule has 6 heteroatoms. The van der Waals surface area contributed by atoms with E-state index < -0.39 is 23.4 Å². The van der Waals surface area contributed by atoms with Crippen LogP contribution < -0.4 is 4.74 Å². The van der Waals surface area contributed by atoms with Gasteiger partial charge in [0.1, 0.15) is 28.8 Å². The Morgan fingerprint density at radius 1 is 1.30 bits per heavy atom. The first-order valence-corrected chi connectivity index (χ1v) is 6.81. The van der Waals surface area contributed by atoms with Crippen molar-refractivity contribution in [2.45, 2.75) is 13.8 Å². The lowest BCUT2D eigenvalue weighted by atomic mass is 10.1. The van der Waals surface area contributed by atoms with Crippen LogP contribution in [0.15, 0.2) is 30.3 Å². The van der Waals surface area contributed by atoms with Crippen LogP contribution >= 0.6 is 0 Å². The van der Waals surface area contributed by atoms with Crippen LogP contribution in [0, 0.1) is 29.9 Å². The van der Waals surface area contributed by atoms with E-state index in [2.05, 4.69) is 0 Å². The molecule has 0 fully saturated rings. The van der Waals surface area contributed by atoms with Crippen molar-refractivity contribution in [2.75, 3.05) is 6.61 Å². The topological polar surface area (TPSA) is 59.3 Å². The summed E-state index contributed by atoms with van der Waals surface area (Å²) < 4.78 is 37.5. The summed E-state index contributed by atoms with van der Waals surface area (Å²) in [4.78, 5) is 12.0. The number of esters is 1. The van der Waals surface area contributed by atoms with E-state index in [-0.39, 0.29) is 23.5 Å². The lowest BCUT2D eigenvalue weighted by Crippen LogP contribution is -2.09. The predicted molar refractivity (Wildman–Crippen MR) is 78.3 cm³/mol. The van der Waals surface area contributed by atoms with Crippen LogP contribution in [0.2, 0.25) is 0 Å². The molecule has 0 aliphatic rings. The number of nitriles is 1. The average molecular weight is 317 g/mol. The van der Waals surface area contributed by atoms with Crippen molar-refractivity contribution in [3.63, 3.8) is 0 Å². The minimum Gasteiger partial charge on any atom is -0.462 e. The van der Waals surface area contributed by atoms with Crippen LogP contribution in [0.5, 0.6) is 11.5 Å². The number of halogens is 2. The summed E-state index contributed by atoms with van der Waals surface area (Å²) in [6.07, 6.45) is 0. The van der Waals surface area contributed by atoms with E-state index in [1.807, 2.05) is 0 Å². The summed E-state index contributed by atoms with van der Waals surface area (Å²) in [5.74, 6) is -2.95. The van der Waals surface area contributed by atoms with Crippen molar-refractivity contribution >= 4 is 5.97 Å². The molecule has 0 aliphatic carbocycles. The van der Waals surface area contributed by atoms with Gasteiger partial charge in [-0.15, -0.1) is 0 Å². The molecule has 118 valence electrons. The van der Waals surface area contributed by atoms with E-state index in [0.717, 1.165) is 6.07 Å². The van der Waals surface area contributed by atoms with E-state index in [1.54, 1.807) is 32.0 Å². The zero-order valence-electron chi connectivity index (χ0n) is 12.5. The van der Waals surface area contributed by atoms with E-state index in [1.165, 1.54) is 6.07 Å². The summed E-state index contributed by atoms with van der Waals surface area (Å²) >= 11 is 0. The van der Waals surface area contributed by atoms with Crippen LogP contribution in [-0.4, -0.2) is 12.6 Å². The summed E-state index contributed by atoms with van der Waals surface area (Å²) in [6, 6.07) is 7.86. The molecule has 2 aromatic rings. The summed E-state index contributed by atoms with van der Waals surface area (Å²) in [6.45, 7) is 3.50. The first kappa shape index (κ1) is 16.4. The number of rotatable bonds is 4. The summed E-state index contributed by atoms with van der Waals surface area (Å²) in [7, 11) is 0. The van der Waals surface area contributed by atoms with E-state index >= 15 is 0 Å². The van der Waals surface area contributed by atoms with Gasteiger partial charge in [-0.2, -0.15) is 5.26 Å². The minimum atomic E-state index is -1.03. The monoisotopic (exact) mass is 317 g/mol. The van der Waals surface area contributed by atoms with E-state index in [0.29, 0.717) is 11.6 Å². The van der Waals surface area contributed by atoms with Crippen LogP contribution in [0.1, 0.15) is 28.4 Å². The maximum Gasteiger partial charge on any atom is 0.342 e. The van der Waals surface area contributed by atoms with Gasteiger partial charge in [0, 0.05) is 6.07 Å². The molecule has 0 aromatic heterocycles. The van der Waals surface area contributed by atoms with Crippen molar-refractivity contribution < 1.29 is 23.0 Å². The van der Waals surface area contributed by atoms with Crippen molar-refractivity contribution in [3.8, 4) is 17.6 Å². The molecule has 2 rings (SSSR count). The van der Waals surface area contributed by atoms with Crippen LogP contribution in [0.25, 0.3) is 0 Å². The normalized spacial score (nSPS) is 10.0. The maximum atomic E-state index is 13.9. The quantitative estimate of drug-likeness (QED) is 0.796. The Labute approximate surface area is 131 Å². The number of aryl methyl sites for hydroxylation is 1. The van der Waals surface area contributed by atoms with Crippen LogP contribution in [0.3, 0.4) is 0 Å². The zero-order valence-corrected chi connectivity index (χ0v) is 12.5. The number of benzene rings is 2. The highest BCUT2D eigenvalue weighted by Crippen LogP contribution is 2.32. The van der Waals surface area contributed by atoms with Crippen molar-refractivity contribution in [1.82, 2.24) is 0 Å². The van der Waals surface area contributed by atoms with Gasteiger partial charge in [0.05, 0.1) is 6.61 Å². The average Bonchev–Trinajstić information content (AvgIpc) is 2.49. The van der Waals surface area contributed by atoms with Gasteiger partial charge >= 0.3 is 5.97 Å². The fraction of sp³-hybridized carbons (Fsp3) is 0.176. The highest BCUT2D eigenvalue weighted by molar-refractivity contribution is 5.94. The molecule has 0 atom stereocenters. The lowest BCUT2D eigenvalue weighted by Gasteiger charge is -2.14. The second-order valence-electron chi connectivity index (χ2n) is 4.65. The van der Waals surface area contributed by atoms with Crippen LogP contribution in [0.4, 0.5) is 8.78 Å². The molecule has 0 spiro atoms. The van der Waals surface area contributed by atoms with E-state index in [4.69, 9.17) is 14.7 Å². The molecule has 0 heterocycles. The Morgan fingerprint density at radius 3 is 2.70 bits per heavy atom. The van der Waals surface area contributed by atoms with Crippen molar-refractivity contribution in [2.24, 2.45) is 0 Å². The molecule has 0 saturated heterocycles. The van der Waals surface area contributed by atoms with Gasteiger partial charge in [-0.05, 0) is 31.5 Å². The van der Waals surface area contributed by atoms with Crippen molar-refractivity contribution in [1.29, 1.82) is 5.26 Å². The SMILES string of the molecule is CCOC(=O)c1c(C)cccc1Oc1c(F)cc(F)cc1C#N. The third-order valence-corrected chi connectivity index (χ3v) is 3.05. The fourth-order valence-corrected chi connectivity index (χ4v) is 2.05. The Bertz CT molecular complexity index is 797. The van der Waals surface area contributed by atoms with Gasteiger partial charge in [0.2, 0.25) is 0 Å². The smallest absolute Gasteiger partial charge is 0.342 e. The molecule has 0 amide bonds. The molecule has 0 N–H and O–H groups in total. The molecular weight excluding hydrogens is 304 g/mol. The minimum absolute atomic E-state index is 0.0328. The Balaban J connectivity index is 2.52. The van der Waals surface area contributed by atoms with Gasteiger partial charge in [0.15, 0.2) is 11.6 Å².